The Bertz CT molecular complexity index is 443. The van der Waals surface area contributed by atoms with Gasteiger partial charge in [0.05, 0.1) is 0 Å². The van der Waals surface area contributed by atoms with Gasteiger partial charge >= 0.3 is 5.97 Å². The number of hydrogen-bond donors (Lipinski definition) is 0. The number of carbonyl (C=O) groups is 1. The zero-order valence-corrected chi connectivity index (χ0v) is 11.7. The van der Waals surface area contributed by atoms with Crippen molar-refractivity contribution in [2.24, 2.45) is 0 Å². The average Bonchev–Trinajstić information content (AvgIpc) is 2.47. The van der Waals surface area contributed by atoms with Crippen molar-refractivity contribution in [1.82, 2.24) is 4.90 Å². The van der Waals surface area contributed by atoms with Crippen LogP contribution in [0.25, 0.3) is 0 Å². The average molecular weight is 271 g/mol. The van der Waals surface area contributed by atoms with Gasteiger partial charge in [-0.1, -0.05) is 55.1 Å². The lowest BCUT2D eigenvalue weighted by Gasteiger charge is -2.28. The van der Waals surface area contributed by atoms with Crippen LogP contribution in [0, 0.1) is 0 Å². The fourth-order valence-corrected chi connectivity index (χ4v) is 1.97. The second-order valence-corrected chi connectivity index (χ2v) is 4.26. The molecule has 1 rings (SSSR count). The van der Waals surface area contributed by atoms with Gasteiger partial charge in [0.25, 0.3) is 0 Å². The Hall–Kier alpha value is -2.13. The highest BCUT2D eigenvalue weighted by atomic mass is 16.5. The lowest BCUT2D eigenvalue weighted by molar-refractivity contribution is -0.148. The van der Waals surface area contributed by atoms with E-state index in [2.05, 4.69) is 19.7 Å². The molecule has 0 heterocycles. The SMILES string of the molecule is C=CCOC(=O)[C@H](c1ccccc1)N(CC=C)CC=C. The summed E-state index contributed by atoms with van der Waals surface area (Å²) in [6.45, 7) is 12.4. The first-order valence-electron chi connectivity index (χ1n) is 6.53. The fourth-order valence-electron chi connectivity index (χ4n) is 1.97. The van der Waals surface area contributed by atoms with Gasteiger partial charge in [-0.2, -0.15) is 0 Å². The van der Waals surface area contributed by atoms with E-state index in [0.717, 1.165) is 5.56 Å². The summed E-state index contributed by atoms with van der Waals surface area (Å²) in [6.07, 6.45) is 5.09. The van der Waals surface area contributed by atoms with Crippen molar-refractivity contribution in [2.45, 2.75) is 6.04 Å². The molecule has 0 aliphatic carbocycles. The Kier molecular flexibility index (Phi) is 7.07. The zero-order chi connectivity index (χ0) is 14.8. The molecule has 0 radical (unpaired) electrons. The van der Waals surface area contributed by atoms with Gasteiger partial charge in [-0.05, 0) is 5.56 Å². The Morgan fingerprint density at radius 1 is 1.10 bits per heavy atom. The molecule has 3 nitrogen and oxygen atoms in total. The maximum absolute atomic E-state index is 12.3. The summed E-state index contributed by atoms with van der Waals surface area (Å²) in [4.78, 5) is 14.3. The Morgan fingerprint density at radius 2 is 1.70 bits per heavy atom. The maximum Gasteiger partial charge on any atom is 0.328 e. The minimum absolute atomic E-state index is 0.207. The molecule has 0 fully saturated rings. The van der Waals surface area contributed by atoms with Gasteiger partial charge in [0, 0.05) is 13.1 Å². The van der Waals surface area contributed by atoms with E-state index in [9.17, 15) is 4.79 Å². The first-order chi connectivity index (χ1) is 9.74. The number of ether oxygens (including phenoxy) is 1. The Balaban J connectivity index is 3.04. The first kappa shape index (κ1) is 15.9. The van der Waals surface area contributed by atoms with E-state index in [4.69, 9.17) is 4.74 Å². The van der Waals surface area contributed by atoms with Crippen LogP contribution in [0.3, 0.4) is 0 Å². The molecule has 0 spiro atoms. The molecule has 3 heteroatoms. The molecule has 0 aliphatic heterocycles. The van der Waals surface area contributed by atoms with Crippen LogP contribution in [0.1, 0.15) is 11.6 Å². The van der Waals surface area contributed by atoms with Gasteiger partial charge in [0.1, 0.15) is 12.6 Å². The highest BCUT2D eigenvalue weighted by molar-refractivity contribution is 5.77. The number of benzene rings is 1. The van der Waals surface area contributed by atoms with E-state index in [0.29, 0.717) is 13.1 Å². The van der Waals surface area contributed by atoms with Crippen molar-refractivity contribution in [3.63, 3.8) is 0 Å². The van der Waals surface area contributed by atoms with Crippen LogP contribution in [0.4, 0.5) is 0 Å². The van der Waals surface area contributed by atoms with E-state index < -0.39 is 6.04 Å². The van der Waals surface area contributed by atoms with Gasteiger partial charge in [-0.15, -0.1) is 13.2 Å². The molecule has 1 atom stereocenters. The topological polar surface area (TPSA) is 29.5 Å². The summed E-state index contributed by atoms with van der Waals surface area (Å²) >= 11 is 0. The first-order valence-corrected chi connectivity index (χ1v) is 6.53. The quantitative estimate of drug-likeness (QED) is 0.510. The molecule has 0 N–H and O–H groups in total. The third-order valence-electron chi connectivity index (χ3n) is 2.77. The molecule has 1 aromatic carbocycles. The minimum atomic E-state index is -0.466. The second-order valence-electron chi connectivity index (χ2n) is 4.26. The van der Waals surface area contributed by atoms with Gasteiger partial charge in [-0.25, -0.2) is 4.79 Å². The van der Waals surface area contributed by atoms with E-state index >= 15 is 0 Å². The molecule has 0 aliphatic rings. The second kappa shape index (κ2) is 8.88. The smallest absolute Gasteiger partial charge is 0.328 e. The Labute approximate surface area is 120 Å². The monoisotopic (exact) mass is 271 g/mol. The molecule has 0 saturated carbocycles. The van der Waals surface area contributed by atoms with Crippen molar-refractivity contribution in [1.29, 1.82) is 0 Å². The number of nitrogens with zero attached hydrogens (tertiary/aromatic N) is 1. The molecule has 0 saturated heterocycles. The van der Waals surface area contributed by atoms with E-state index in [1.54, 1.807) is 18.2 Å². The highest BCUT2D eigenvalue weighted by Gasteiger charge is 2.27. The van der Waals surface area contributed by atoms with E-state index in [-0.39, 0.29) is 12.6 Å². The minimum Gasteiger partial charge on any atom is -0.460 e. The fraction of sp³-hybridized carbons (Fsp3) is 0.235. The predicted octanol–water partition coefficient (Wildman–Crippen LogP) is 3.13. The van der Waals surface area contributed by atoms with Crippen LogP contribution in [-0.2, 0) is 9.53 Å². The molecule has 0 unspecified atom stereocenters. The predicted molar refractivity (Wildman–Crippen MR) is 82.3 cm³/mol. The van der Waals surface area contributed by atoms with Crippen LogP contribution in [0.5, 0.6) is 0 Å². The molecule has 1 aromatic rings. The third kappa shape index (κ3) is 4.52. The maximum atomic E-state index is 12.3. The largest absolute Gasteiger partial charge is 0.460 e. The van der Waals surface area contributed by atoms with Crippen LogP contribution in [0.15, 0.2) is 68.3 Å². The summed E-state index contributed by atoms with van der Waals surface area (Å²) in [5, 5.41) is 0. The van der Waals surface area contributed by atoms with Crippen LogP contribution in [-0.4, -0.2) is 30.6 Å². The zero-order valence-electron chi connectivity index (χ0n) is 11.7. The summed E-state index contributed by atoms with van der Waals surface area (Å²) in [6, 6.07) is 9.10. The third-order valence-corrected chi connectivity index (χ3v) is 2.77. The van der Waals surface area contributed by atoms with Crippen molar-refractivity contribution in [3.8, 4) is 0 Å². The van der Waals surface area contributed by atoms with Gasteiger partial charge in [0.2, 0.25) is 0 Å². The van der Waals surface area contributed by atoms with Crippen molar-refractivity contribution < 1.29 is 9.53 Å². The summed E-state index contributed by atoms with van der Waals surface area (Å²) in [5.41, 5.74) is 0.894. The van der Waals surface area contributed by atoms with Gasteiger partial charge in [0.15, 0.2) is 0 Å². The molecular weight excluding hydrogens is 250 g/mol. The number of carbonyl (C=O) groups excluding carboxylic acids is 1. The normalized spacial score (nSPS) is 11.7. The molecular formula is C17H21NO2. The lowest BCUT2D eigenvalue weighted by Crippen LogP contribution is -2.35. The molecule has 0 aromatic heterocycles. The van der Waals surface area contributed by atoms with E-state index in [1.807, 2.05) is 35.2 Å². The lowest BCUT2D eigenvalue weighted by atomic mass is 10.1. The highest BCUT2D eigenvalue weighted by Crippen LogP contribution is 2.22. The van der Waals surface area contributed by atoms with E-state index in [1.165, 1.54) is 0 Å². The van der Waals surface area contributed by atoms with Crippen LogP contribution >= 0.6 is 0 Å². The molecule has 20 heavy (non-hydrogen) atoms. The summed E-state index contributed by atoms with van der Waals surface area (Å²) < 4.78 is 5.21. The van der Waals surface area contributed by atoms with Crippen molar-refractivity contribution in [2.75, 3.05) is 19.7 Å². The van der Waals surface area contributed by atoms with Gasteiger partial charge < -0.3 is 4.74 Å². The van der Waals surface area contributed by atoms with Crippen LogP contribution in [0.2, 0.25) is 0 Å². The van der Waals surface area contributed by atoms with Gasteiger partial charge in [-0.3, -0.25) is 4.90 Å². The number of rotatable bonds is 9. The number of hydrogen-bond acceptors (Lipinski definition) is 3. The molecule has 0 amide bonds. The van der Waals surface area contributed by atoms with Crippen molar-refractivity contribution in [3.05, 3.63) is 73.9 Å². The molecule has 106 valence electrons. The summed E-state index contributed by atoms with van der Waals surface area (Å²) in [5.74, 6) is -0.292. The summed E-state index contributed by atoms with van der Waals surface area (Å²) in [7, 11) is 0. The van der Waals surface area contributed by atoms with Crippen LogP contribution < -0.4 is 0 Å². The standard InChI is InChI=1S/C17H21NO2/c1-4-12-18(13-5-2)16(17(19)20-14-6-3)15-10-8-7-9-11-15/h4-11,16H,1-3,12-14H2/t16-/m0/s1. The Morgan fingerprint density at radius 3 is 2.20 bits per heavy atom. The molecule has 0 bridgehead atoms. The van der Waals surface area contributed by atoms with Crippen molar-refractivity contribution >= 4 is 5.97 Å². The number of esters is 1.